The molecule has 1 aromatic heterocycles. The van der Waals surface area contributed by atoms with E-state index >= 15 is 0 Å². The highest BCUT2D eigenvalue weighted by molar-refractivity contribution is 5.79. The molecule has 0 aromatic carbocycles. The van der Waals surface area contributed by atoms with Crippen molar-refractivity contribution in [2.45, 2.75) is 26.2 Å². The highest BCUT2D eigenvalue weighted by atomic mass is 16.2. The van der Waals surface area contributed by atoms with Gasteiger partial charge in [-0.2, -0.15) is 0 Å². The van der Waals surface area contributed by atoms with E-state index in [4.69, 9.17) is 0 Å². The molecule has 19 heavy (non-hydrogen) atoms. The first-order valence-electron chi connectivity index (χ1n) is 7.19. The number of aromatic nitrogens is 1. The summed E-state index contributed by atoms with van der Waals surface area (Å²) in [5.41, 5.74) is 1.24. The lowest BCUT2D eigenvalue weighted by Gasteiger charge is -2.29. The maximum absolute atomic E-state index is 12.4. The van der Waals surface area contributed by atoms with Crippen molar-refractivity contribution in [3.8, 4) is 0 Å². The number of rotatable bonds is 5. The number of nitrogens with zero attached hydrogens (tertiary/aromatic N) is 2. The van der Waals surface area contributed by atoms with E-state index in [0.29, 0.717) is 5.91 Å². The van der Waals surface area contributed by atoms with Crippen LogP contribution in [0.5, 0.6) is 0 Å². The molecule has 1 atom stereocenters. The highest BCUT2D eigenvalue weighted by Crippen LogP contribution is 2.14. The molecular weight excluding hydrogens is 238 g/mol. The van der Waals surface area contributed by atoms with Crippen LogP contribution in [0.25, 0.3) is 0 Å². The molecule has 4 heteroatoms. The Kier molecular flexibility index (Phi) is 5.33. The summed E-state index contributed by atoms with van der Waals surface area (Å²) in [6, 6.07) is 4.03. The number of piperidine rings is 1. The summed E-state index contributed by atoms with van der Waals surface area (Å²) in [7, 11) is 0. The molecule has 1 unspecified atom stereocenters. The fourth-order valence-electron chi connectivity index (χ4n) is 2.56. The average Bonchev–Trinajstić information content (AvgIpc) is 2.49. The van der Waals surface area contributed by atoms with Gasteiger partial charge in [-0.15, -0.1) is 0 Å². The SMILES string of the molecule is CCN(CCc1ccncc1)C(=O)C1CCCNC1. The van der Waals surface area contributed by atoms with Crippen LogP contribution in [0.1, 0.15) is 25.3 Å². The highest BCUT2D eigenvalue weighted by Gasteiger charge is 2.24. The van der Waals surface area contributed by atoms with Gasteiger partial charge in [0.1, 0.15) is 0 Å². The largest absolute Gasteiger partial charge is 0.342 e. The van der Waals surface area contributed by atoms with Crippen molar-refractivity contribution in [1.82, 2.24) is 15.2 Å². The van der Waals surface area contributed by atoms with E-state index in [0.717, 1.165) is 45.4 Å². The molecule has 0 spiro atoms. The zero-order chi connectivity index (χ0) is 13.5. The van der Waals surface area contributed by atoms with Crippen LogP contribution in [0.15, 0.2) is 24.5 Å². The van der Waals surface area contributed by atoms with Crippen LogP contribution in [-0.4, -0.2) is 42.0 Å². The second kappa shape index (κ2) is 7.24. The summed E-state index contributed by atoms with van der Waals surface area (Å²) in [5, 5.41) is 3.31. The Bertz CT molecular complexity index is 388. The lowest BCUT2D eigenvalue weighted by Crippen LogP contribution is -2.43. The molecule has 1 amide bonds. The molecule has 2 heterocycles. The van der Waals surface area contributed by atoms with Gasteiger partial charge in [-0.3, -0.25) is 9.78 Å². The van der Waals surface area contributed by atoms with Gasteiger partial charge in [0.05, 0.1) is 5.92 Å². The van der Waals surface area contributed by atoms with E-state index in [1.54, 1.807) is 12.4 Å². The Morgan fingerprint density at radius 2 is 2.26 bits per heavy atom. The number of carbonyl (C=O) groups excluding carboxylic acids is 1. The lowest BCUT2D eigenvalue weighted by atomic mass is 9.98. The summed E-state index contributed by atoms with van der Waals surface area (Å²) < 4.78 is 0. The van der Waals surface area contributed by atoms with Crippen LogP contribution in [0, 0.1) is 5.92 Å². The molecule has 0 bridgehead atoms. The quantitative estimate of drug-likeness (QED) is 0.873. The van der Waals surface area contributed by atoms with Gasteiger partial charge < -0.3 is 10.2 Å². The van der Waals surface area contributed by atoms with Gasteiger partial charge in [-0.1, -0.05) is 0 Å². The minimum absolute atomic E-state index is 0.172. The summed E-state index contributed by atoms with van der Waals surface area (Å²) >= 11 is 0. The number of hydrogen-bond acceptors (Lipinski definition) is 3. The first-order chi connectivity index (χ1) is 9.31. The molecule has 0 radical (unpaired) electrons. The van der Waals surface area contributed by atoms with Crippen LogP contribution in [0.3, 0.4) is 0 Å². The van der Waals surface area contributed by atoms with Crippen molar-refractivity contribution in [2.75, 3.05) is 26.2 Å². The number of hydrogen-bond donors (Lipinski definition) is 1. The van der Waals surface area contributed by atoms with Crippen molar-refractivity contribution in [3.05, 3.63) is 30.1 Å². The van der Waals surface area contributed by atoms with E-state index in [1.165, 1.54) is 5.56 Å². The molecule has 1 saturated heterocycles. The maximum Gasteiger partial charge on any atom is 0.226 e. The third kappa shape index (κ3) is 4.03. The minimum atomic E-state index is 0.172. The van der Waals surface area contributed by atoms with Crippen molar-refractivity contribution in [2.24, 2.45) is 5.92 Å². The van der Waals surface area contributed by atoms with Crippen LogP contribution < -0.4 is 5.32 Å². The Hall–Kier alpha value is -1.42. The van der Waals surface area contributed by atoms with Crippen LogP contribution in [-0.2, 0) is 11.2 Å². The van der Waals surface area contributed by atoms with Gasteiger partial charge in [0.25, 0.3) is 0 Å². The van der Waals surface area contributed by atoms with E-state index in [2.05, 4.69) is 17.2 Å². The van der Waals surface area contributed by atoms with Crippen molar-refractivity contribution in [3.63, 3.8) is 0 Å². The Labute approximate surface area is 115 Å². The normalized spacial score (nSPS) is 19.1. The number of amides is 1. The Balaban J connectivity index is 1.86. The van der Waals surface area contributed by atoms with E-state index in [-0.39, 0.29) is 5.92 Å². The van der Waals surface area contributed by atoms with Gasteiger partial charge in [-0.05, 0) is 50.4 Å². The number of nitrogens with one attached hydrogen (secondary N) is 1. The van der Waals surface area contributed by atoms with Crippen LogP contribution in [0.2, 0.25) is 0 Å². The molecular formula is C15H23N3O. The average molecular weight is 261 g/mol. The molecule has 2 rings (SSSR count). The minimum Gasteiger partial charge on any atom is -0.342 e. The summed E-state index contributed by atoms with van der Waals surface area (Å²) in [5.74, 6) is 0.481. The smallest absolute Gasteiger partial charge is 0.226 e. The topological polar surface area (TPSA) is 45.2 Å². The summed E-state index contributed by atoms with van der Waals surface area (Å²) in [4.78, 5) is 18.4. The Morgan fingerprint density at radius 1 is 1.47 bits per heavy atom. The molecule has 4 nitrogen and oxygen atoms in total. The fraction of sp³-hybridized carbons (Fsp3) is 0.600. The number of carbonyl (C=O) groups is 1. The van der Waals surface area contributed by atoms with Crippen LogP contribution in [0.4, 0.5) is 0 Å². The maximum atomic E-state index is 12.4. The van der Waals surface area contributed by atoms with Gasteiger partial charge in [-0.25, -0.2) is 0 Å². The van der Waals surface area contributed by atoms with Gasteiger partial charge >= 0.3 is 0 Å². The second-order valence-electron chi connectivity index (χ2n) is 5.07. The van der Waals surface area contributed by atoms with E-state index < -0.39 is 0 Å². The molecule has 1 aliphatic heterocycles. The van der Waals surface area contributed by atoms with Crippen molar-refractivity contribution >= 4 is 5.91 Å². The lowest BCUT2D eigenvalue weighted by molar-refractivity contribution is -0.135. The third-order valence-electron chi connectivity index (χ3n) is 3.76. The van der Waals surface area contributed by atoms with E-state index in [1.807, 2.05) is 17.0 Å². The molecule has 1 aliphatic rings. The first kappa shape index (κ1) is 14.0. The Morgan fingerprint density at radius 3 is 2.89 bits per heavy atom. The van der Waals surface area contributed by atoms with Crippen molar-refractivity contribution in [1.29, 1.82) is 0 Å². The monoisotopic (exact) mass is 261 g/mol. The molecule has 1 N–H and O–H groups in total. The molecule has 0 aliphatic carbocycles. The standard InChI is InChI=1S/C15H23N3O/c1-2-18(11-7-13-5-9-16-10-6-13)15(19)14-4-3-8-17-12-14/h5-6,9-10,14,17H,2-4,7-8,11-12H2,1H3. The van der Waals surface area contributed by atoms with Crippen LogP contribution >= 0.6 is 0 Å². The van der Waals surface area contributed by atoms with Gasteiger partial charge in [0, 0.05) is 32.0 Å². The molecule has 0 saturated carbocycles. The predicted molar refractivity (Wildman–Crippen MR) is 75.8 cm³/mol. The third-order valence-corrected chi connectivity index (χ3v) is 3.76. The number of pyridine rings is 1. The molecule has 1 aromatic rings. The predicted octanol–water partition coefficient (Wildman–Crippen LogP) is 1.47. The van der Waals surface area contributed by atoms with Crippen molar-refractivity contribution < 1.29 is 4.79 Å². The van der Waals surface area contributed by atoms with Gasteiger partial charge in [0.2, 0.25) is 5.91 Å². The molecule has 104 valence electrons. The second-order valence-corrected chi connectivity index (χ2v) is 5.07. The first-order valence-corrected chi connectivity index (χ1v) is 7.19. The number of likely N-dealkylation sites (N-methyl/N-ethyl adjacent to an activating group) is 1. The fourth-order valence-corrected chi connectivity index (χ4v) is 2.56. The summed E-state index contributed by atoms with van der Waals surface area (Å²) in [6.45, 7) is 5.54. The molecule has 1 fully saturated rings. The zero-order valence-electron chi connectivity index (χ0n) is 11.6. The summed E-state index contributed by atoms with van der Waals surface area (Å²) in [6.07, 6.45) is 6.65. The van der Waals surface area contributed by atoms with E-state index in [9.17, 15) is 4.79 Å². The van der Waals surface area contributed by atoms with Gasteiger partial charge in [0.15, 0.2) is 0 Å². The zero-order valence-corrected chi connectivity index (χ0v) is 11.6.